The van der Waals surface area contributed by atoms with E-state index in [1.165, 1.54) is 12.1 Å². The lowest BCUT2D eigenvalue weighted by molar-refractivity contribution is -0.131. The summed E-state index contributed by atoms with van der Waals surface area (Å²) in [6.45, 7) is 5.00. The van der Waals surface area contributed by atoms with E-state index in [1.807, 2.05) is 17.2 Å². The summed E-state index contributed by atoms with van der Waals surface area (Å²) in [5, 5.41) is 2.95. The van der Waals surface area contributed by atoms with Crippen molar-refractivity contribution in [3.63, 3.8) is 0 Å². The van der Waals surface area contributed by atoms with Gasteiger partial charge < -0.3 is 9.80 Å². The summed E-state index contributed by atoms with van der Waals surface area (Å²) in [6.07, 6.45) is 0.561. The maximum absolute atomic E-state index is 13.0. The molecule has 6 heteroatoms. The SMILES string of the molecule is CCC(=O)N1CCN(c2nc(-c3ccc(F)cc3)cs2)CC1. The molecule has 0 atom stereocenters. The van der Waals surface area contributed by atoms with Gasteiger partial charge in [0, 0.05) is 43.5 Å². The predicted octanol–water partition coefficient (Wildman–Crippen LogP) is 3.01. The number of halogens is 1. The number of thiazole rings is 1. The second kappa shape index (κ2) is 6.44. The fourth-order valence-corrected chi connectivity index (χ4v) is 3.42. The van der Waals surface area contributed by atoms with Crippen molar-refractivity contribution in [3.05, 3.63) is 35.5 Å². The highest BCUT2D eigenvalue weighted by Gasteiger charge is 2.21. The number of aromatic nitrogens is 1. The third-order valence-electron chi connectivity index (χ3n) is 3.84. The first-order valence-electron chi connectivity index (χ1n) is 7.41. The number of carbonyl (C=O) groups is 1. The Bertz CT molecular complexity index is 648. The van der Waals surface area contributed by atoms with Crippen LogP contribution in [0.2, 0.25) is 0 Å². The van der Waals surface area contributed by atoms with Crippen LogP contribution < -0.4 is 4.90 Å². The molecule has 0 radical (unpaired) electrons. The molecular weight excluding hydrogens is 301 g/mol. The predicted molar refractivity (Wildman–Crippen MR) is 86.6 cm³/mol. The highest BCUT2D eigenvalue weighted by Crippen LogP contribution is 2.28. The molecule has 116 valence electrons. The monoisotopic (exact) mass is 319 g/mol. The number of nitrogens with zero attached hydrogens (tertiary/aromatic N) is 3. The first-order chi connectivity index (χ1) is 10.7. The Labute approximate surface area is 133 Å². The molecular formula is C16H18FN3OS. The minimum absolute atomic E-state index is 0.214. The summed E-state index contributed by atoms with van der Waals surface area (Å²) in [5.74, 6) is -0.0262. The molecule has 1 amide bonds. The van der Waals surface area contributed by atoms with Crippen LogP contribution in [-0.2, 0) is 4.79 Å². The number of anilines is 1. The van der Waals surface area contributed by atoms with E-state index in [1.54, 1.807) is 23.5 Å². The van der Waals surface area contributed by atoms with Crippen LogP contribution in [0.3, 0.4) is 0 Å². The van der Waals surface area contributed by atoms with Crippen LogP contribution in [0.1, 0.15) is 13.3 Å². The summed E-state index contributed by atoms with van der Waals surface area (Å²) in [6, 6.07) is 6.38. The Hall–Kier alpha value is -1.95. The van der Waals surface area contributed by atoms with Gasteiger partial charge in [-0.25, -0.2) is 9.37 Å². The molecule has 1 aromatic carbocycles. The van der Waals surface area contributed by atoms with Crippen molar-refractivity contribution in [2.75, 3.05) is 31.1 Å². The van der Waals surface area contributed by atoms with E-state index >= 15 is 0 Å². The van der Waals surface area contributed by atoms with Crippen molar-refractivity contribution < 1.29 is 9.18 Å². The smallest absolute Gasteiger partial charge is 0.222 e. The van der Waals surface area contributed by atoms with E-state index in [2.05, 4.69) is 9.88 Å². The highest BCUT2D eigenvalue weighted by molar-refractivity contribution is 7.14. The lowest BCUT2D eigenvalue weighted by atomic mass is 10.2. The maximum atomic E-state index is 13.0. The first-order valence-corrected chi connectivity index (χ1v) is 8.29. The fraction of sp³-hybridized carbons (Fsp3) is 0.375. The zero-order valence-corrected chi connectivity index (χ0v) is 13.3. The normalized spacial score (nSPS) is 15.2. The maximum Gasteiger partial charge on any atom is 0.222 e. The number of piperazine rings is 1. The van der Waals surface area contributed by atoms with Crippen molar-refractivity contribution in [1.82, 2.24) is 9.88 Å². The Balaban J connectivity index is 1.67. The van der Waals surface area contributed by atoms with E-state index in [4.69, 9.17) is 0 Å². The molecule has 4 nitrogen and oxygen atoms in total. The average molecular weight is 319 g/mol. The largest absolute Gasteiger partial charge is 0.345 e. The summed E-state index contributed by atoms with van der Waals surface area (Å²) in [5.41, 5.74) is 1.79. The molecule has 0 aliphatic carbocycles. The first kappa shape index (κ1) is 15.0. The van der Waals surface area contributed by atoms with Crippen LogP contribution in [0, 0.1) is 5.82 Å². The van der Waals surface area contributed by atoms with Crippen LogP contribution in [0.5, 0.6) is 0 Å². The van der Waals surface area contributed by atoms with E-state index in [0.29, 0.717) is 6.42 Å². The number of amides is 1. The number of benzene rings is 1. The van der Waals surface area contributed by atoms with Gasteiger partial charge in [0.2, 0.25) is 5.91 Å². The average Bonchev–Trinajstić information content (AvgIpc) is 3.05. The van der Waals surface area contributed by atoms with Gasteiger partial charge in [0.15, 0.2) is 5.13 Å². The van der Waals surface area contributed by atoms with Crippen LogP contribution >= 0.6 is 11.3 Å². The molecule has 3 rings (SSSR count). The van der Waals surface area contributed by atoms with Crippen molar-refractivity contribution in [2.24, 2.45) is 0 Å². The number of rotatable bonds is 3. The van der Waals surface area contributed by atoms with Gasteiger partial charge in [-0.15, -0.1) is 11.3 Å². The van der Waals surface area contributed by atoms with Crippen LogP contribution in [-0.4, -0.2) is 42.0 Å². The van der Waals surface area contributed by atoms with Gasteiger partial charge in [0.1, 0.15) is 5.82 Å². The van der Waals surface area contributed by atoms with Gasteiger partial charge in [-0.1, -0.05) is 6.92 Å². The molecule has 0 N–H and O–H groups in total. The lowest BCUT2D eigenvalue weighted by Crippen LogP contribution is -2.48. The Morgan fingerprint density at radius 2 is 1.91 bits per heavy atom. The van der Waals surface area contributed by atoms with Gasteiger partial charge in [-0.3, -0.25) is 4.79 Å². The number of carbonyl (C=O) groups excluding carboxylic acids is 1. The molecule has 1 fully saturated rings. The molecule has 2 heterocycles. The Morgan fingerprint density at radius 1 is 1.23 bits per heavy atom. The fourth-order valence-electron chi connectivity index (χ4n) is 2.53. The third kappa shape index (κ3) is 3.11. The van der Waals surface area contributed by atoms with E-state index in [0.717, 1.165) is 42.6 Å². The minimum atomic E-state index is -0.240. The van der Waals surface area contributed by atoms with Gasteiger partial charge in [0.05, 0.1) is 5.69 Å². The van der Waals surface area contributed by atoms with Crippen LogP contribution in [0.4, 0.5) is 9.52 Å². The molecule has 22 heavy (non-hydrogen) atoms. The van der Waals surface area contributed by atoms with Gasteiger partial charge in [-0.2, -0.15) is 0 Å². The summed E-state index contributed by atoms with van der Waals surface area (Å²) < 4.78 is 13.0. The van der Waals surface area contributed by atoms with Gasteiger partial charge in [-0.05, 0) is 24.3 Å². The molecule has 1 saturated heterocycles. The van der Waals surface area contributed by atoms with Crippen LogP contribution in [0.25, 0.3) is 11.3 Å². The summed E-state index contributed by atoms with van der Waals surface area (Å²) in [4.78, 5) is 20.4. The summed E-state index contributed by atoms with van der Waals surface area (Å²) >= 11 is 1.59. The molecule has 1 aliphatic rings. The van der Waals surface area contributed by atoms with Crippen molar-refractivity contribution >= 4 is 22.4 Å². The van der Waals surface area contributed by atoms with Crippen molar-refractivity contribution in [3.8, 4) is 11.3 Å². The van der Waals surface area contributed by atoms with E-state index < -0.39 is 0 Å². The molecule has 0 bridgehead atoms. The second-order valence-electron chi connectivity index (χ2n) is 5.24. The second-order valence-corrected chi connectivity index (χ2v) is 6.08. The molecule has 1 aromatic heterocycles. The minimum Gasteiger partial charge on any atom is -0.345 e. The summed E-state index contributed by atoms with van der Waals surface area (Å²) in [7, 11) is 0. The Morgan fingerprint density at radius 3 is 2.55 bits per heavy atom. The van der Waals surface area contributed by atoms with Gasteiger partial charge in [0.25, 0.3) is 0 Å². The third-order valence-corrected chi connectivity index (χ3v) is 4.74. The lowest BCUT2D eigenvalue weighted by Gasteiger charge is -2.34. The van der Waals surface area contributed by atoms with Crippen molar-refractivity contribution in [2.45, 2.75) is 13.3 Å². The molecule has 0 unspecified atom stereocenters. The number of hydrogen-bond acceptors (Lipinski definition) is 4. The quantitative estimate of drug-likeness (QED) is 0.872. The molecule has 2 aromatic rings. The zero-order chi connectivity index (χ0) is 15.5. The molecule has 0 spiro atoms. The molecule has 1 aliphatic heterocycles. The highest BCUT2D eigenvalue weighted by atomic mass is 32.1. The zero-order valence-electron chi connectivity index (χ0n) is 12.5. The van der Waals surface area contributed by atoms with Crippen LogP contribution in [0.15, 0.2) is 29.6 Å². The molecule has 0 saturated carbocycles. The standard InChI is InChI=1S/C16H18FN3OS/c1-2-15(21)19-7-9-20(10-8-19)16-18-14(11-22-16)12-3-5-13(17)6-4-12/h3-6,11H,2,7-10H2,1H3. The Kier molecular flexibility index (Phi) is 4.38. The van der Waals surface area contributed by atoms with E-state index in [9.17, 15) is 9.18 Å². The van der Waals surface area contributed by atoms with E-state index in [-0.39, 0.29) is 11.7 Å². The van der Waals surface area contributed by atoms with Gasteiger partial charge >= 0.3 is 0 Å². The number of hydrogen-bond donors (Lipinski definition) is 0. The topological polar surface area (TPSA) is 36.4 Å². The van der Waals surface area contributed by atoms with Crippen molar-refractivity contribution in [1.29, 1.82) is 0 Å².